The lowest BCUT2D eigenvalue weighted by Crippen LogP contribution is -2.11. The van der Waals surface area contributed by atoms with Crippen molar-refractivity contribution in [1.82, 2.24) is 0 Å². The predicted octanol–water partition coefficient (Wildman–Crippen LogP) is 3.41. The fraction of sp³-hybridized carbons (Fsp3) is 0.533. The van der Waals surface area contributed by atoms with Crippen molar-refractivity contribution in [2.45, 2.75) is 46.0 Å². The number of nitrogens with zero attached hydrogens (tertiary/aromatic N) is 1. The zero-order valence-electron chi connectivity index (χ0n) is 12.0. The van der Waals surface area contributed by atoms with Crippen LogP contribution in [0, 0.1) is 6.92 Å². The second-order valence-corrected chi connectivity index (χ2v) is 5.07. The van der Waals surface area contributed by atoms with Gasteiger partial charge in [-0.3, -0.25) is 0 Å². The number of aryl methyl sites for hydroxylation is 1. The molecule has 0 amide bonds. The summed E-state index contributed by atoms with van der Waals surface area (Å²) in [6.07, 6.45) is 2.35. The Bertz CT molecular complexity index is 428. The molecule has 0 fully saturated rings. The maximum atomic E-state index is 8.40. The summed E-state index contributed by atoms with van der Waals surface area (Å²) in [5.74, 6) is 1.72. The number of oxime groups is 1. The van der Waals surface area contributed by atoms with Crippen LogP contribution in [-0.2, 0) is 0 Å². The van der Waals surface area contributed by atoms with Crippen molar-refractivity contribution < 1.29 is 9.94 Å². The second-order valence-electron chi connectivity index (χ2n) is 5.07. The summed E-state index contributed by atoms with van der Waals surface area (Å²) in [7, 11) is 0. The highest BCUT2D eigenvalue weighted by Crippen LogP contribution is 2.23. The Kier molecular flexibility index (Phi) is 6.19. The summed E-state index contributed by atoms with van der Waals surface area (Å²) >= 11 is 0. The van der Waals surface area contributed by atoms with Crippen LogP contribution in [0.25, 0.3) is 0 Å². The number of hydrogen-bond acceptors (Lipinski definition) is 3. The van der Waals surface area contributed by atoms with E-state index in [-0.39, 0.29) is 5.84 Å². The van der Waals surface area contributed by atoms with Gasteiger partial charge in [0.25, 0.3) is 0 Å². The zero-order valence-corrected chi connectivity index (χ0v) is 12.0. The molecule has 3 N–H and O–H groups in total. The highest BCUT2D eigenvalue weighted by atomic mass is 16.5. The maximum absolute atomic E-state index is 8.40. The van der Waals surface area contributed by atoms with E-state index in [1.54, 1.807) is 0 Å². The molecule has 19 heavy (non-hydrogen) atoms. The predicted molar refractivity (Wildman–Crippen MR) is 78.0 cm³/mol. The third-order valence-corrected chi connectivity index (χ3v) is 3.09. The Morgan fingerprint density at radius 2 is 2.11 bits per heavy atom. The third-order valence-electron chi connectivity index (χ3n) is 3.09. The highest BCUT2D eigenvalue weighted by molar-refractivity contribution is 5.79. The monoisotopic (exact) mass is 264 g/mol. The minimum atomic E-state index is 0.275. The molecule has 1 rings (SSSR count). The van der Waals surface area contributed by atoms with Crippen LogP contribution >= 0.6 is 0 Å². The van der Waals surface area contributed by atoms with Gasteiger partial charge < -0.3 is 15.7 Å². The molecule has 0 aromatic heterocycles. The summed E-state index contributed by atoms with van der Waals surface area (Å²) in [6, 6.07) is 6.23. The number of amidine groups is 1. The lowest BCUT2D eigenvalue weighted by molar-refractivity contribution is 0.304. The number of benzene rings is 1. The Balaban J connectivity index is 2.36. The van der Waals surface area contributed by atoms with Gasteiger partial charge in [0.2, 0.25) is 0 Å². The van der Waals surface area contributed by atoms with E-state index in [4.69, 9.17) is 15.7 Å². The van der Waals surface area contributed by atoms with Crippen LogP contribution in [0.15, 0.2) is 23.4 Å². The average molecular weight is 264 g/mol. The lowest BCUT2D eigenvalue weighted by atomic mass is 9.98. The van der Waals surface area contributed by atoms with Crippen molar-refractivity contribution in [3.63, 3.8) is 0 Å². The number of nitrogens with two attached hydrogens (primary N) is 1. The molecular formula is C15H24N2O2. The number of unbranched alkanes of at least 4 members (excludes halogenated alkanes) is 1. The minimum absolute atomic E-state index is 0.275. The minimum Gasteiger partial charge on any atom is -0.494 e. The molecule has 0 heterocycles. The van der Waals surface area contributed by atoms with Gasteiger partial charge in [0.1, 0.15) is 11.6 Å². The average Bonchev–Trinajstić information content (AvgIpc) is 2.37. The van der Waals surface area contributed by atoms with Crippen molar-refractivity contribution in [3.8, 4) is 5.75 Å². The van der Waals surface area contributed by atoms with E-state index >= 15 is 0 Å². The Morgan fingerprint density at radius 3 is 2.68 bits per heavy atom. The van der Waals surface area contributed by atoms with Crippen LogP contribution in [0.3, 0.4) is 0 Å². The zero-order chi connectivity index (χ0) is 14.3. The molecule has 0 saturated carbocycles. The Morgan fingerprint density at radius 1 is 1.37 bits per heavy atom. The van der Waals surface area contributed by atoms with Gasteiger partial charge in [-0.25, -0.2) is 0 Å². The molecule has 0 aliphatic rings. The molecule has 106 valence electrons. The first-order chi connectivity index (χ1) is 9.04. The molecule has 4 nitrogen and oxygen atoms in total. The molecule has 0 atom stereocenters. The smallest absolute Gasteiger partial charge is 0.139 e. The molecule has 4 heteroatoms. The molecule has 0 aliphatic heterocycles. The van der Waals surface area contributed by atoms with Gasteiger partial charge in [-0.05, 0) is 48.9 Å². The van der Waals surface area contributed by atoms with Crippen molar-refractivity contribution in [2.75, 3.05) is 6.61 Å². The van der Waals surface area contributed by atoms with Crippen molar-refractivity contribution in [2.24, 2.45) is 10.9 Å². The van der Waals surface area contributed by atoms with E-state index in [0.29, 0.717) is 18.9 Å². The van der Waals surface area contributed by atoms with E-state index in [2.05, 4.69) is 38.1 Å². The molecular weight excluding hydrogens is 240 g/mol. The molecule has 1 aromatic carbocycles. The van der Waals surface area contributed by atoms with Crippen LogP contribution in [-0.4, -0.2) is 17.6 Å². The van der Waals surface area contributed by atoms with Crippen molar-refractivity contribution >= 4 is 5.84 Å². The molecule has 0 unspecified atom stereocenters. The van der Waals surface area contributed by atoms with E-state index in [0.717, 1.165) is 18.6 Å². The standard InChI is InChI=1S/C15H24N2O2/c1-11(2)14-8-7-13(10-12(14)3)19-9-5-4-6-15(16)17-18/h7-8,10-11,18H,4-6,9H2,1-3H3,(H2,16,17). The SMILES string of the molecule is Cc1cc(OCCCC/C(N)=N/O)ccc1C(C)C. The number of hydrogen-bond donors (Lipinski definition) is 2. The topological polar surface area (TPSA) is 67.8 Å². The highest BCUT2D eigenvalue weighted by Gasteiger charge is 2.04. The van der Waals surface area contributed by atoms with Gasteiger partial charge in [0, 0.05) is 6.42 Å². The van der Waals surface area contributed by atoms with Crippen molar-refractivity contribution in [3.05, 3.63) is 29.3 Å². The van der Waals surface area contributed by atoms with Gasteiger partial charge >= 0.3 is 0 Å². The first-order valence-electron chi connectivity index (χ1n) is 6.74. The van der Waals surface area contributed by atoms with Crippen molar-refractivity contribution in [1.29, 1.82) is 0 Å². The summed E-state index contributed by atoms with van der Waals surface area (Å²) in [6.45, 7) is 7.14. The fourth-order valence-electron chi connectivity index (χ4n) is 2.03. The largest absolute Gasteiger partial charge is 0.494 e. The quantitative estimate of drug-likeness (QED) is 0.261. The number of ether oxygens (including phenoxy) is 1. The molecule has 0 bridgehead atoms. The first-order valence-corrected chi connectivity index (χ1v) is 6.74. The Labute approximate surface area is 115 Å². The van der Waals surface area contributed by atoms with Gasteiger partial charge in [0.05, 0.1) is 6.61 Å². The molecule has 0 saturated heterocycles. The summed E-state index contributed by atoms with van der Waals surface area (Å²) < 4.78 is 5.69. The summed E-state index contributed by atoms with van der Waals surface area (Å²) in [5.41, 5.74) is 8.02. The van der Waals surface area contributed by atoms with E-state index in [1.807, 2.05) is 6.07 Å². The maximum Gasteiger partial charge on any atom is 0.139 e. The van der Waals surface area contributed by atoms with Gasteiger partial charge in [-0.2, -0.15) is 0 Å². The lowest BCUT2D eigenvalue weighted by Gasteiger charge is -2.12. The van der Waals surface area contributed by atoms with E-state index < -0.39 is 0 Å². The normalized spacial score (nSPS) is 11.9. The molecule has 0 aliphatic carbocycles. The van der Waals surface area contributed by atoms with Crippen LogP contribution in [0.5, 0.6) is 5.75 Å². The van der Waals surface area contributed by atoms with Crippen LogP contribution in [0.4, 0.5) is 0 Å². The molecule has 0 spiro atoms. The van der Waals surface area contributed by atoms with Crippen LogP contribution in [0.2, 0.25) is 0 Å². The number of rotatable bonds is 7. The summed E-state index contributed by atoms with van der Waals surface area (Å²) in [5, 5.41) is 11.3. The van der Waals surface area contributed by atoms with Gasteiger partial charge in [0.15, 0.2) is 0 Å². The third kappa shape index (κ3) is 5.20. The summed E-state index contributed by atoms with van der Waals surface area (Å²) in [4.78, 5) is 0. The van der Waals surface area contributed by atoms with E-state index in [9.17, 15) is 0 Å². The Hall–Kier alpha value is -1.71. The van der Waals surface area contributed by atoms with E-state index in [1.165, 1.54) is 11.1 Å². The first kappa shape index (κ1) is 15.3. The van der Waals surface area contributed by atoms with Gasteiger partial charge in [-0.15, -0.1) is 0 Å². The van der Waals surface area contributed by atoms with Crippen LogP contribution < -0.4 is 10.5 Å². The molecule has 0 radical (unpaired) electrons. The second kappa shape index (κ2) is 7.67. The fourth-order valence-corrected chi connectivity index (χ4v) is 2.03. The van der Waals surface area contributed by atoms with Gasteiger partial charge in [-0.1, -0.05) is 25.1 Å². The van der Waals surface area contributed by atoms with Crippen LogP contribution in [0.1, 0.15) is 50.2 Å². The molecule has 1 aromatic rings.